The average molecular weight is 248 g/mol. The Hall–Kier alpha value is -1.42. The minimum absolute atomic E-state index is 0.134. The molecule has 0 bridgehead atoms. The van der Waals surface area contributed by atoms with Crippen LogP contribution in [0.15, 0.2) is 24.5 Å². The summed E-state index contributed by atoms with van der Waals surface area (Å²) in [6.45, 7) is 0.756. The van der Waals surface area contributed by atoms with E-state index in [1.165, 1.54) is 26.4 Å². The largest absolute Gasteiger partial charge is 0.469 e. The van der Waals surface area contributed by atoms with Crippen LogP contribution >= 0.6 is 0 Å². The third-order valence-electron chi connectivity index (χ3n) is 3.62. The summed E-state index contributed by atoms with van der Waals surface area (Å²) >= 11 is 0. The summed E-state index contributed by atoms with van der Waals surface area (Å²) in [4.78, 5) is 15.5. The van der Waals surface area contributed by atoms with Gasteiger partial charge in [0.15, 0.2) is 0 Å². The van der Waals surface area contributed by atoms with Crippen LogP contribution in [0.2, 0.25) is 0 Å². The van der Waals surface area contributed by atoms with Gasteiger partial charge in [-0.3, -0.25) is 9.78 Å². The van der Waals surface area contributed by atoms with Gasteiger partial charge in [0.2, 0.25) is 0 Å². The van der Waals surface area contributed by atoms with Gasteiger partial charge in [0.25, 0.3) is 0 Å². The topological polar surface area (TPSA) is 51.2 Å². The summed E-state index contributed by atoms with van der Waals surface area (Å²) in [6.07, 6.45) is 7.77. The van der Waals surface area contributed by atoms with Crippen LogP contribution in [-0.4, -0.2) is 24.1 Å². The van der Waals surface area contributed by atoms with Crippen LogP contribution in [0.25, 0.3) is 0 Å². The van der Waals surface area contributed by atoms with Crippen LogP contribution in [0.1, 0.15) is 31.2 Å². The molecule has 1 N–H and O–H groups in total. The van der Waals surface area contributed by atoms with Crippen molar-refractivity contribution in [3.05, 3.63) is 30.1 Å². The molecule has 0 aliphatic heterocycles. The van der Waals surface area contributed by atoms with Gasteiger partial charge in [0.1, 0.15) is 0 Å². The molecule has 4 nitrogen and oxygen atoms in total. The molecule has 2 rings (SSSR count). The van der Waals surface area contributed by atoms with Gasteiger partial charge in [0.05, 0.1) is 13.5 Å². The number of ether oxygens (including phenoxy) is 1. The molecule has 0 spiro atoms. The summed E-state index contributed by atoms with van der Waals surface area (Å²) in [5.74, 6) is 0.478. The first kappa shape index (κ1) is 13.0. The number of rotatable bonds is 6. The van der Waals surface area contributed by atoms with E-state index in [9.17, 15) is 4.79 Å². The Labute approximate surface area is 108 Å². The highest BCUT2D eigenvalue weighted by Crippen LogP contribution is 2.31. The van der Waals surface area contributed by atoms with Crippen LogP contribution in [0, 0.1) is 5.92 Å². The maximum atomic E-state index is 11.4. The highest BCUT2D eigenvalue weighted by molar-refractivity contribution is 5.70. The fourth-order valence-corrected chi connectivity index (χ4v) is 2.26. The molecule has 18 heavy (non-hydrogen) atoms. The molecular formula is C14H20N2O2. The lowest BCUT2D eigenvalue weighted by Gasteiger charge is -2.34. The number of hydrogen-bond donors (Lipinski definition) is 1. The first-order valence-electron chi connectivity index (χ1n) is 6.48. The first-order chi connectivity index (χ1) is 8.79. The molecule has 1 saturated carbocycles. The molecule has 1 heterocycles. The normalized spacial score (nSPS) is 16.9. The van der Waals surface area contributed by atoms with Crippen molar-refractivity contribution < 1.29 is 9.53 Å². The Morgan fingerprint density at radius 3 is 3.00 bits per heavy atom. The summed E-state index contributed by atoms with van der Waals surface area (Å²) in [6, 6.07) is 4.19. The minimum atomic E-state index is -0.134. The smallest absolute Gasteiger partial charge is 0.307 e. The van der Waals surface area contributed by atoms with E-state index in [0.717, 1.165) is 12.1 Å². The van der Waals surface area contributed by atoms with E-state index in [1.807, 2.05) is 18.3 Å². The van der Waals surface area contributed by atoms with E-state index in [4.69, 9.17) is 4.74 Å². The van der Waals surface area contributed by atoms with Crippen LogP contribution in [0.3, 0.4) is 0 Å². The predicted octanol–water partition coefficient (Wildman–Crippen LogP) is 1.90. The van der Waals surface area contributed by atoms with Gasteiger partial charge < -0.3 is 10.1 Å². The number of methoxy groups -OCH3 is 1. The molecule has 4 heteroatoms. The third kappa shape index (κ3) is 3.53. The van der Waals surface area contributed by atoms with Crippen molar-refractivity contribution in [2.24, 2.45) is 5.92 Å². The summed E-state index contributed by atoms with van der Waals surface area (Å²) in [5.41, 5.74) is 1.15. The van der Waals surface area contributed by atoms with Crippen molar-refractivity contribution in [1.82, 2.24) is 10.3 Å². The highest BCUT2D eigenvalue weighted by atomic mass is 16.5. The Kier molecular flexibility index (Phi) is 4.70. The number of aromatic nitrogens is 1. The van der Waals surface area contributed by atoms with E-state index in [0.29, 0.717) is 12.3 Å². The van der Waals surface area contributed by atoms with Crippen molar-refractivity contribution in [1.29, 1.82) is 0 Å². The van der Waals surface area contributed by atoms with Gasteiger partial charge in [-0.25, -0.2) is 0 Å². The molecular weight excluding hydrogens is 228 g/mol. The Morgan fingerprint density at radius 1 is 1.61 bits per heavy atom. The van der Waals surface area contributed by atoms with Crippen LogP contribution in [0.5, 0.6) is 0 Å². The van der Waals surface area contributed by atoms with E-state index in [1.54, 1.807) is 6.20 Å². The Balaban J connectivity index is 1.86. The van der Waals surface area contributed by atoms with Crippen LogP contribution in [-0.2, 0) is 16.1 Å². The molecule has 0 radical (unpaired) electrons. The van der Waals surface area contributed by atoms with Crippen molar-refractivity contribution in [3.63, 3.8) is 0 Å². The zero-order valence-corrected chi connectivity index (χ0v) is 10.8. The second-order valence-corrected chi connectivity index (χ2v) is 4.82. The van der Waals surface area contributed by atoms with E-state index in [2.05, 4.69) is 10.3 Å². The molecule has 1 aromatic heterocycles. The van der Waals surface area contributed by atoms with E-state index >= 15 is 0 Å². The average Bonchev–Trinajstić information content (AvgIpc) is 2.35. The molecule has 1 atom stereocenters. The van der Waals surface area contributed by atoms with Gasteiger partial charge in [0, 0.05) is 25.0 Å². The van der Waals surface area contributed by atoms with E-state index < -0.39 is 0 Å². The zero-order chi connectivity index (χ0) is 12.8. The molecule has 1 aliphatic carbocycles. The third-order valence-corrected chi connectivity index (χ3v) is 3.62. The lowest BCUT2D eigenvalue weighted by atomic mass is 9.78. The summed E-state index contributed by atoms with van der Waals surface area (Å²) in [5, 5.41) is 3.46. The molecule has 98 valence electrons. The summed E-state index contributed by atoms with van der Waals surface area (Å²) in [7, 11) is 1.45. The predicted molar refractivity (Wildman–Crippen MR) is 68.8 cm³/mol. The monoisotopic (exact) mass is 248 g/mol. The Morgan fingerprint density at radius 2 is 2.44 bits per heavy atom. The molecule has 1 unspecified atom stereocenters. The molecule has 0 saturated heterocycles. The van der Waals surface area contributed by atoms with Crippen molar-refractivity contribution >= 4 is 5.97 Å². The number of nitrogens with one attached hydrogen (secondary N) is 1. The maximum Gasteiger partial charge on any atom is 0.307 e. The van der Waals surface area contributed by atoms with Gasteiger partial charge in [-0.15, -0.1) is 0 Å². The number of hydrogen-bond acceptors (Lipinski definition) is 4. The van der Waals surface area contributed by atoms with Crippen LogP contribution < -0.4 is 5.32 Å². The van der Waals surface area contributed by atoms with Gasteiger partial charge in [-0.05, 0) is 30.4 Å². The van der Waals surface area contributed by atoms with Crippen LogP contribution in [0.4, 0.5) is 0 Å². The fourth-order valence-electron chi connectivity index (χ4n) is 2.26. The Bertz CT molecular complexity index is 377. The maximum absolute atomic E-state index is 11.4. The molecule has 0 amide bonds. The fraction of sp³-hybridized carbons (Fsp3) is 0.571. The lowest BCUT2D eigenvalue weighted by Crippen LogP contribution is -2.41. The van der Waals surface area contributed by atoms with Gasteiger partial charge in [-0.1, -0.05) is 12.5 Å². The van der Waals surface area contributed by atoms with Crippen molar-refractivity contribution in [2.75, 3.05) is 7.11 Å². The first-order valence-corrected chi connectivity index (χ1v) is 6.48. The lowest BCUT2D eigenvalue weighted by molar-refractivity contribution is -0.141. The minimum Gasteiger partial charge on any atom is -0.469 e. The van der Waals surface area contributed by atoms with E-state index in [-0.39, 0.29) is 12.0 Å². The second-order valence-electron chi connectivity index (χ2n) is 4.82. The zero-order valence-electron chi connectivity index (χ0n) is 10.8. The van der Waals surface area contributed by atoms with Crippen molar-refractivity contribution in [3.8, 4) is 0 Å². The summed E-state index contributed by atoms with van der Waals surface area (Å²) < 4.78 is 4.76. The molecule has 0 aromatic carbocycles. The van der Waals surface area contributed by atoms with Gasteiger partial charge in [-0.2, -0.15) is 0 Å². The number of pyridine rings is 1. The van der Waals surface area contributed by atoms with Gasteiger partial charge >= 0.3 is 5.97 Å². The number of carbonyl (C=O) groups excluding carboxylic acids is 1. The number of esters is 1. The second kappa shape index (κ2) is 6.50. The highest BCUT2D eigenvalue weighted by Gasteiger charge is 2.28. The quantitative estimate of drug-likeness (QED) is 0.781. The molecule has 1 aliphatic rings. The molecule has 1 fully saturated rings. The number of carbonyl (C=O) groups is 1. The standard InChI is InChI=1S/C14H20N2O2/c1-18-14(17)8-13(12-5-2-6-12)16-10-11-4-3-7-15-9-11/h3-4,7,9,12-13,16H,2,5-6,8,10H2,1H3. The SMILES string of the molecule is COC(=O)CC(NCc1cccnc1)C1CCC1. The number of nitrogens with zero attached hydrogens (tertiary/aromatic N) is 1. The molecule has 1 aromatic rings. The van der Waals surface area contributed by atoms with Crippen molar-refractivity contribution in [2.45, 2.75) is 38.3 Å².